The molecule has 0 spiro atoms. The van der Waals surface area contributed by atoms with Crippen LogP contribution in [0.3, 0.4) is 0 Å². The zero-order valence-electron chi connectivity index (χ0n) is 11.2. The van der Waals surface area contributed by atoms with Crippen LogP contribution in [-0.4, -0.2) is 73.2 Å². The van der Waals surface area contributed by atoms with Crippen molar-refractivity contribution in [1.29, 1.82) is 0 Å². The third kappa shape index (κ3) is 3.39. The molecule has 1 unspecified atom stereocenters. The fourth-order valence-corrected chi connectivity index (χ4v) is 3.52. The Balaban J connectivity index is 2.64. The zero-order valence-corrected chi connectivity index (χ0v) is 12.8. The molecule has 6 nitrogen and oxygen atoms in total. The molecule has 1 fully saturated rings. The number of rotatable bonds is 5. The van der Waals surface area contributed by atoms with Crippen molar-refractivity contribution in [3.05, 3.63) is 0 Å². The molecule has 106 valence electrons. The van der Waals surface area contributed by atoms with Gasteiger partial charge in [-0.05, 0) is 6.42 Å². The Morgan fingerprint density at radius 2 is 1.83 bits per heavy atom. The molecule has 1 atom stereocenters. The van der Waals surface area contributed by atoms with Gasteiger partial charge in [-0.3, -0.25) is 4.90 Å². The Bertz CT molecular complexity index is 389. The highest BCUT2D eigenvalue weighted by Gasteiger charge is 2.31. The third-order valence-corrected chi connectivity index (χ3v) is 5.43. The van der Waals surface area contributed by atoms with Gasteiger partial charge in [-0.15, -0.1) is 0 Å². The molecule has 1 aliphatic rings. The van der Waals surface area contributed by atoms with Crippen LogP contribution in [0.1, 0.15) is 13.3 Å². The number of hydrogen-bond donors (Lipinski definition) is 1. The molecule has 0 aliphatic carbocycles. The second-order valence-electron chi connectivity index (χ2n) is 4.55. The summed E-state index contributed by atoms with van der Waals surface area (Å²) in [5.74, 6) is 0. The van der Waals surface area contributed by atoms with E-state index in [1.807, 2.05) is 6.92 Å². The van der Waals surface area contributed by atoms with Crippen LogP contribution in [0.5, 0.6) is 0 Å². The molecule has 0 bridgehead atoms. The van der Waals surface area contributed by atoms with Gasteiger partial charge in [0.25, 0.3) is 10.2 Å². The third-order valence-electron chi connectivity index (χ3n) is 3.22. The van der Waals surface area contributed by atoms with Crippen LogP contribution in [-0.2, 0) is 10.2 Å². The molecule has 8 heteroatoms. The van der Waals surface area contributed by atoms with Crippen LogP contribution >= 0.6 is 12.2 Å². The fraction of sp³-hybridized carbons (Fsp3) is 0.900. The fourth-order valence-electron chi connectivity index (χ4n) is 2.12. The van der Waals surface area contributed by atoms with Crippen molar-refractivity contribution in [1.82, 2.24) is 13.5 Å². The molecule has 0 saturated carbocycles. The summed E-state index contributed by atoms with van der Waals surface area (Å²) in [6.07, 6.45) is 0.857. The van der Waals surface area contributed by atoms with E-state index in [0.29, 0.717) is 31.2 Å². The molecule has 0 aromatic heterocycles. The molecule has 1 heterocycles. The first-order valence-corrected chi connectivity index (χ1v) is 7.82. The number of hydrogen-bond acceptors (Lipinski definition) is 4. The lowest BCUT2D eigenvalue weighted by Gasteiger charge is -2.38. The summed E-state index contributed by atoms with van der Waals surface area (Å²) in [6, 6.07) is 0.0733. The molecular formula is C10H22N4O2S2. The highest BCUT2D eigenvalue weighted by Crippen LogP contribution is 2.13. The van der Waals surface area contributed by atoms with Crippen LogP contribution < -0.4 is 5.73 Å². The lowest BCUT2D eigenvalue weighted by Crippen LogP contribution is -2.56. The normalized spacial score (nSPS) is 21.1. The van der Waals surface area contributed by atoms with Crippen LogP contribution in [0.15, 0.2) is 0 Å². The smallest absolute Gasteiger partial charge is 0.281 e. The first-order chi connectivity index (χ1) is 8.30. The van der Waals surface area contributed by atoms with Crippen LogP contribution in [0.25, 0.3) is 0 Å². The Hall–Kier alpha value is -0.280. The first-order valence-electron chi connectivity index (χ1n) is 6.01. The van der Waals surface area contributed by atoms with Crippen molar-refractivity contribution in [2.24, 2.45) is 5.73 Å². The molecule has 18 heavy (non-hydrogen) atoms. The summed E-state index contributed by atoms with van der Waals surface area (Å²) in [5.41, 5.74) is 5.70. The van der Waals surface area contributed by atoms with Crippen molar-refractivity contribution >= 4 is 27.4 Å². The molecule has 2 N–H and O–H groups in total. The van der Waals surface area contributed by atoms with Gasteiger partial charge in [0.1, 0.15) is 0 Å². The van der Waals surface area contributed by atoms with Gasteiger partial charge in [0.05, 0.1) is 11.0 Å². The molecule has 0 aromatic carbocycles. The Morgan fingerprint density at radius 1 is 1.33 bits per heavy atom. The van der Waals surface area contributed by atoms with E-state index in [0.717, 1.165) is 6.42 Å². The summed E-state index contributed by atoms with van der Waals surface area (Å²) in [6.45, 7) is 4.35. The molecule has 1 rings (SSSR count). The predicted molar refractivity (Wildman–Crippen MR) is 76.6 cm³/mol. The highest BCUT2D eigenvalue weighted by atomic mass is 32.2. The minimum atomic E-state index is -3.30. The van der Waals surface area contributed by atoms with Crippen molar-refractivity contribution in [3.8, 4) is 0 Å². The minimum Gasteiger partial charge on any atom is -0.392 e. The van der Waals surface area contributed by atoms with Crippen LogP contribution in [0.4, 0.5) is 0 Å². The largest absolute Gasteiger partial charge is 0.392 e. The molecule has 0 aromatic rings. The predicted octanol–water partition coefficient (Wildman–Crippen LogP) is -0.525. The van der Waals surface area contributed by atoms with E-state index >= 15 is 0 Å². The minimum absolute atomic E-state index is 0.0733. The van der Waals surface area contributed by atoms with Gasteiger partial charge >= 0.3 is 0 Å². The van der Waals surface area contributed by atoms with E-state index in [1.54, 1.807) is 14.1 Å². The quantitative estimate of drug-likeness (QED) is 0.691. The maximum Gasteiger partial charge on any atom is 0.281 e. The summed E-state index contributed by atoms with van der Waals surface area (Å²) in [5, 5.41) is 0. The summed E-state index contributed by atoms with van der Waals surface area (Å²) >= 11 is 5.04. The lowest BCUT2D eigenvalue weighted by molar-refractivity contribution is 0.161. The van der Waals surface area contributed by atoms with E-state index in [-0.39, 0.29) is 6.04 Å². The molecule has 1 aliphatic heterocycles. The maximum atomic E-state index is 11.9. The first kappa shape index (κ1) is 15.8. The molecular weight excluding hydrogens is 272 g/mol. The Morgan fingerprint density at radius 3 is 2.17 bits per heavy atom. The number of thiocarbonyl (C=S) groups is 1. The number of piperazine rings is 1. The lowest BCUT2D eigenvalue weighted by atomic mass is 10.1. The van der Waals surface area contributed by atoms with Crippen molar-refractivity contribution in [3.63, 3.8) is 0 Å². The van der Waals surface area contributed by atoms with Crippen LogP contribution in [0, 0.1) is 0 Å². The van der Waals surface area contributed by atoms with Gasteiger partial charge < -0.3 is 5.73 Å². The second-order valence-corrected chi connectivity index (χ2v) is 7.17. The number of nitrogens with two attached hydrogens (primary N) is 1. The van der Waals surface area contributed by atoms with Gasteiger partial charge in [0.15, 0.2) is 0 Å². The SMILES string of the molecule is CCC(C(N)=S)N1CCN(S(=O)(=O)N(C)C)CC1. The van der Waals surface area contributed by atoms with Crippen molar-refractivity contribution in [2.45, 2.75) is 19.4 Å². The zero-order chi connectivity index (χ0) is 13.9. The molecule has 0 radical (unpaired) electrons. The van der Waals surface area contributed by atoms with E-state index in [1.165, 1.54) is 8.61 Å². The average molecular weight is 294 g/mol. The topological polar surface area (TPSA) is 69.9 Å². The maximum absolute atomic E-state index is 11.9. The Labute approximate surface area is 115 Å². The van der Waals surface area contributed by atoms with Gasteiger partial charge in [0.2, 0.25) is 0 Å². The molecule has 1 saturated heterocycles. The summed E-state index contributed by atoms with van der Waals surface area (Å²) < 4.78 is 26.6. The van der Waals surface area contributed by atoms with Crippen molar-refractivity contribution < 1.29 is 8.42 Å². The van der Waals surface area contributed by atoms with Crippen LogP contribution in [0.2, 0.25) is 0 Å². The monoisotopic (exact) mass is 294 g/mol. The van der Waals surface area contributed by atoms with Gasteiger partial charge in [-0.25, -0.2) is 0 Å². The van der Waals surface area contributed by atoms with Gasteiger partial charge in [-0.1, -0.05) is 19.1 Å². The molecule has 0 amide bonds. The average Bonchev–Trinajstić information content (AvgIpc) is 2.30. The Kier molecular flexibility index (Phi) is 5.47. The highest BCUT2D eigenvalue weighted by molar-refractivity contribution is 7.86. The summed E-state index contributed by atoms with van der Waals surface area (Å²) in [7, 11) is -0.206. The summed E-state index contributed by atoms with van der Waals surface area (Å²) in [4.78, 5) is 2.64. The standard InChI is InChI=1S/C10H22N4O2S2/c1-4-9(10(11)17)13-5-7-14(8-6-13)18(15,16)12(2)3/h9H,4-8H2,1-3H3,(H2,11,17). The number of nitrogens with zero attached hydrogens (tertiary/aromatic N) is 3. The second kappa shape index (κ2) is 6.25. The van der Waals surface area contributed by atoms with E-state index in [4.69, 9.17) is 18.0 Å². The van der Waals surface area contributed by atoms with E-state index in [9.17, 15) is 8.42 Å². The van der Waals surface area contributed by atoms with Gasteiger partial charge in [0, 0.05) is 40.3 Å². The van der Waals surface area contributed by atoms with Crippen molar-refractivity contribution in [2.75, 3.05) is 40.3 Å². The van der Waals surface area contributed by atoms with E-state index < -0.39 is 10.2 Å². The van der Waals surface area contributed by atoms with Gasteiger partial charge in [-0.2, -0.15) is 17.0 Å². The van der Waals surface area contributed by atoms with E-state index in [2.05, 4.69) is 4.90 Å².